The second-order valence-corrected chi connectivity index (χ2v) is 4.70. The Labute approximate surface area is 125 Å². The minimum Gasteiger partial charge on any atom is -0.543 e. The van der Waals surface area contributed by atoms with Gasteiger partial charge in [0, 0.05) is 5.75 Å². The van der Waals surface area contributed by atoms with E-state index in [1.54, 1.807) is 19.1 Å². The van der Waals surface area contributed by atoms with Crippen molar-refractivity contribution in [1.29, 1.82) is 0 Å². The zero-order valence-corrected chi connectivity index (χ0v) is 12.5. The van der Waals surface area contributed by atoms with E-state index in [-0.39, 0.29) is 46.5 Å². The molecule has 2 heterocycles. The van der Waals surface area contributed by atoms with Crippen molar-refractivity contribution in [3.05, 3.63) is 23.4 Å². The van der Waals surface area contributed by atoms with E-state index in [4.69, 9.17) is 5.73 Å². The maximum Gasteiger partial charge on any atom is 1.00 e. The van der Waals surface area contributed by atoms with Gasteiger partial charge in [-0.2, -0.15) is 0 Å². The molecule has 0 aromatic heterocycles. The molecule has 2 aliphatic heterocycles. The summed E-state index contributed by atoms with van der Waals surface area (Å²) in [5, 5.41) is 10.8. The van der Waals surface area contributed by atoms with Crippen LogP contribution in [0.3, 0.4) is 0 Å². The molecule has 5 nitrogen and oxygen atoms in total. The van der Waals surface area contributed by atoms with Gasteiger partial charge in [-0.1, -0.05) is 12.2 Å². The number of hydrogen-bond donors (Lipinski definition) is 1. The van der Waals surface area contributed by atoms with Crippen LogP contribution in [0.5, 0.6) is 0 Å². The maximum atomic E-state index is 11.5. The van der Waals surface area contributed by atoms with Crippen LogP contribution in [0.4, 0.5) is 0 Å². The van der Waals surface area contributed by atoms with Gasteiger partial charge in [-0.05, 0) is 12.5 Å². The topological polar surface area (TPSA) is 86.5 Å². The van der Waals surface area contributed by atoms with Crippen molar-refractivity contribution in [2.24, 2.45) is 5.73 Å². The summed E-state index contributed by atoms with van der Waals surface area (Å²) in [5.74, 6) is -1.13. The molecule has 1 saturated heterocycles. The van der Waals surface area contributed by atoms with E-state index >= 15 is 0 Å². The van der Waals surface area contributed by atoms with Gasteiger partial charge in [0.15, 0.2) is 0 Å². The summed E-state index contributed by atoms with van der Waals surface area (Å²) in [6.07, 6.45) is 3.43. The number of allylic oxidation sites excluding steroid dienone is 2. The van der Waals surface area contributed by atoms with Gasteiger partial charge in [-0.3, -0.25) is 9.69 Å². The smallest absolute Gasteiger partial charge is 0.543 e. The van der Waals surface area contributed by atoms with E-state index in [9.17, 15) is 14.7 Å². The number of amides is 1. The van der Waals surface area contributed by atoms with Crippen molar-refractivity contribution < 1.29 is 44.3 Å². The number of aliphatic carboxylic acids is 1. The standard InChI is InChI=1S/C10H12N2O3S.Na/c1-2-3-5-4-16-9-6(11)8(13)12(9)7(5)10(14)15;/h2-3,6,9H,4,11H2,1H3,(H,14,15);/q;+1/p-1/b3-2-;/t6-,9-;/m1./s1. The summed E-state index contributed by atoms with van der Waals surface area (Å²) in [4.78, 5) is 23.8. The third kappa shape index (κ3) is 2.32. The summed E-state index contributed by atoms with van der Waals surface area (Å²) in [5.41, 5.74) is 6.16. The van der Waals surface area contributed by atoms with E-state index in [1.807, 2.05) is 0 Å². The summed E-state index contributed by atoms with van der Waals surface area (Å²) in [7, 11) is 0. The van der Waals surface area contributed by atoms with E-state index < -0.39 is 12.0 Å². The summed E-state index contributed by atoms with van der Waals surface area (Å²) in [6.45, 7) is 1.79. The van der Waals surface area contributed by atoms with Crippen molar-refractivity contribution in [2.45, 2.75) is 18.3 Å². The second kappa shape index (κ2) is 5.58. The fourth-order valence-corrected chi connectivity index (χ4v) is 3.12. The first-order valence-corrected chi connectivity index (χ1v) is 5.90. The van der Waals surface area contributed by atoms with Crippen LogP contribution in [0.2, 0.25) is 0 Å². The molecular formula is C10H11N2NaO3S. The first-order valence-electron chi connectivity index (χ1n) is 4.85. The van der Waals surface area contributed by atoms with Crippen molar-refractivity contribution in [3.8, 4) is 0 Å². The van der Waals surface area contributed by atoms with Gasteiger partial charge in [-0.25, -0.2) is 0 Å². The quantitative estimate of drug-likeness (QED) is 0.403. The second-order valence-electron chi connectivity index (χ2n) is 3.60. The van der Waals surface area contributed by atoms with Crippen LogP contribution < -0.4 is 40.4 Å². The predicted molar refractivity (Wildman–Crippen MR) is 57.9 cm³/mol. The average molecular weight is 262 g/mol. The maximum absolute atomic E-state index is 11.5. The molecular weight excluding hydrogens is 251 g/mol. The Morgan fingerprint density at radius 1 is 1.65 bits per heavy atom. The average Bonchev–Trinajstić information content (AvgIpc) is 2.27. The number of carboxylic acids is 1. The molecule has 2 atom stereocenters. The molecule has 0 unspecified atom stereocenters. The Kier molecular flexibility index (Phi) is 4.86. The van der Waals surface area contributed by atoms with Crippen molar-refractivity contribution in [1.82, 2.24) is 4.90 Å². The van der Waals surface area contributed by atoms with Crippen molar-refractivity contribution in [2.75, 3.05) is 5.75 Å². The number of nitrogens with zero attached hydrogens (tertiary/aromatic N) is 1. The fraction of sp³-hybridized carbons (Fsp3) is 0.400. The van der Waals surface area contributed by atoms with Gasteiger partial charge in [0.05, 0.1) is 11.7 Å². The number of hydrogen-bond acceptors (Lipinski definition) is 5. The Morgan fingerprint density at radius 2 is 2.29 bits per heavy atom. The summed E-state index contributed by atoms with van der Waals surface area (Å²) < 4.78 is 0. The van der Waals surface area contributed by atoms with Gasteiger partial charge < -0.3 is 15.6 Å². The molecule has 0 bridgehead atoms. The molecule has 0 saturated carbocycles. The molecule has 2 rings (SSSR count). The van der Waals surface area contributed by atoms with Crippen LogP contribution in [0.1, 0.15) is 6.92 Å². The number of nitrogens with two attached hydrogens (primary N) is 1. The van der Waals surface area contributed by atoms with Crippen LogP contribution in [-0.2, 0) is 9.59 Å². The molecule has 1 fully saturated rings. The minimum absolute atomic E-state index is 0. The predicted octanol–water partition coefficient (Wildman–Crippen LogP) is -4.19. The number of rotatable bonds is 2. The van der Waals surface area contributed by atoms with Crippen LogP contribution >= 0.6 is 11.8 Å². The Morgan fingerprint density at radius 3 is 2.82 bits per heavy atom. The summed E-state index contributed by atoms with van der Waals surface area (Å²) >= 11 is 1.47. The normalized spacial score (nSPS) is 27.6. The minimum atomic E-state index is -1.32. The zero-order chi connectivity index (χ0) is 11.9. The van der Waals surface area contributed by atoms with Crippen LogP contribution in [0, 0.1) is 0 Å². The molecule has 0 aliphatic carbocycles. The first kappa shape index (κ1) is 14.8. The van der Waals surface area contributed by atoms with Crippen LogP contribution in [0.25, 0.3) is 0 Å². The van der Waals surface area contributed by atoms with Gasteiger partial charge in [0.1, 0.15) is 11.4 Å². The molecule has 2 N–H and O–H groups in total. The molecule has 0 aromatic carbocycles. The molecule has 0 radical (unpaired) electrons. The number of thioether (sulfide) groups is 1. The van der Waals surface area contributed by atoms with E-state index in [0.29, 0.717) is 11.3 Å². The van der Waals surface area contributed by atoms with Crippen LogP contribution in [-0.4, -0.2) is 33.9 Å². The summed E-state index contributed by atoms with van der Waals surface area (Å²) in [6, 6.07) is -0.591. The molecule has 2 aliphatic rings. The third-order valence-electron chi connectivity index (χ3n) is 2.60. The van der Waals surface area contributed by atoms with Gasteiger partial charge >= 0.3 is 29.6 Å². The Balaban J connectivity index is 0.00000144. The third-order valence-corrected chi connectivity index (χ3v) is 3.92. The SMILES string of the molecule is C/C=C\C1=C(C(=O)[O-])N2C(=O)[C@@H](N)[C@H]2SC1.[Na+]. The molecule has 17 heavy (non-hydrogen) atoms. The molecule has 0 aromatic rings. The van der Waals surface area contributed by atoms with Gasteiger partial charge in [0.2, 0.25) is 5.91 Å². The number of carboxylic acid groups (broad SMARTS) is 1. The van der Waals surface area contributed by atoms with E-state index in [0.717, 1.165) is 0 Å². The molecule has 86 valence electrons. The number of fused-ring (bicyclic) bond motifs is 1. The first-order chi connectivity index (χ1) is 7.57. The Bertz CT molecular complexity index is 422. The fourth-order valence-electron chi connectivity index (χ4n) is 1.86. The van der Waals surface area contributed by atoms with E-state index in [1.165, 1.54) is 16.7 Å². The monoisotopic (exact) mass is 262 g/mol. The zero-order valence-electron chi connectivity index (χ0n) is 9.67. The molecule has 0 spiro atoms. The van der Waals surface area contributed by atoms with Gasteiger partial charge in [-0.15, -0.1) is 11.8 Å². The largest absolute Gasteiger partial charge is 1.00 e. The number of β-lactam (4-membered cyclic amide) rings is 1. The number of carbonyl (C=O) groups is 2. The molecule has 1 amide bonds. The van der Waals surface area contributed by atoms with Gasteiger partial charge in [0.25, 0.3) is 0 Å². The van der Waals surface area contributed by atoms with E-state index in [2.05, 4.69) is 0 Å². The van der Waals surface area contributed by atoms with Crippen molar-refractivity contribution >= 4 is 23.6 Å². The van der Waals surface area contributed by atoms with Crippen molar-refractivity contribution in [3.63, 3.8) is 0 Å². The number of carbonyl (C=O) groups excluding carboxylic acids is 2. The molecule has 7 heteroatoms. The van der Waals surface area contributed by atoms with Crippen LogP contribution in [0.15, 0.2) is 23.4 Å². The Hall–Kier alpha value is -0.270.